The highest BCUT2D eigenvalue weighted by Gasteiger charge is 2.65. The molecule has 0 aromatic heterocycles. The summed E-state index contributed by atoms with van der Waals surface area (Å²) in [4.78, 5) is 13.4. The number of benzene rings is 1. The minimum Gasteiger partial charge on any atom is -0.466 e. The van der Waals surface area contributed by atoms with Gasteiger partial charge in [-0.1, -0.05) is 30.3 Å². The molecule has 1 aliphatic heterocycles. The van der Waals surface area contributed by atoms with E-state index in [2.05, 4.69) is 0 Å². The Morgan fingerprint density at radius 3 is 3.06 bits per heavy atom. The van der Waals surface area contributed by atoms with Crippen molar-refractivity contribution in [3.63, 3.8) is 0 Å². The predicted molar refractivity (Wildman–Crippen MR) is 68.9 cm³/mol. The summed E-state index contributed by atoms with van der Waals surface area (Å²) in [6.07, 6.45) is 0.205. The van der Waals surface area contributed by atoms with Crippen molar-refractivity contribution in [3.05, 3.63) is 35.9 Å². The molecule has 1 aromatic carbocycles. The first-order valence-corrected chi connectivity index (χ1v) is 6.27. The monoisotopic (exact) mass is 249 g/mol. The number of carbonyl (C=O) groups excluding carboxylic acids is 1. The van der Waals surface area contributed by atoms with Gasteiger partial charge in [-0.2, -0.15) is 0 Å². The van der Waals surface area contributed by atoms with E-state index in [4.69, 9.17) is 10.2 Å². The zero-order valence-electron chi connectivity index (χ0n) is 14.3. The van der Waals surface area contributed by atoms with Gasteiger partial charge in [0.05, 0.1) is 12.0 Å². The Kier molecular flexibility index (Phi) is 1.94. The molecule has 3 nitrogen and oxygen atoms in total. The van der Waals surface area contributed by atoms with Gasteiger partial charge in [0.2, 0.25) is 0 Å². The zero-order valence-corrected chi connectivity index (χ0v) is 10.3. The van der Waals surface area contributed by atoms with Crippen molar-refractivity contribution in [2.24, 2.45) is 11.3 Å². The maximum atomic E-state index is 12.3. The summed E-state index contributed by atoms with van der Waals surface area (Å²) in [7, 11) is 0. The molecule has 0 amide bonds. The highest BCUT2D eigenvalue weighted by atomic mass is 16.5. The van der Waals surface area contributed by atoms with E-state index in [-0.39, 0.29) is 19.6 Å². The highest BCUT2D eigenvalue weighted by molar-refractivity contribution is 5.81. The van der Waals surface area contributed by atoms with Gasteiger partial charge >= 0.3 is 5.97 Å². The van der Waals surface area contributed by atoms with Crippen LogP contribution in [0, 0.1) is 11.3 Å². The van der Waals surface area contributed by atoms with Crippen LogP contribution in [0.4, 0.5) is 0 Å². The number of hydrogen-bond acceptors (Lipinski definition) is 3. The molecule has 1 aliphatic carbocycles. The summed E-state index contributed by atoms with van der Waals surface area (Å²) < 4.78 is 38.4. The van der Waals surface area contributed by atoms with Crippen LogP contribution in [-0.2, 0) is 16.1 Å². The molecular formula is C15H19NO2. The van der Waals surface area contributed by atoms with Crippen molar-refractivity contribution >= 4 is 5.97 Å². The van der Waals surface area contributed by atoms with E-state index < -0.39 is 30.3 Å². The first-order chi connectivity index (χ1) is 10.3. The molecule has 2 atom stereocenters. The fourth-order valence-electron chi connectivity index (χ4n) is 2.39. The SMILES string of the molecule is [2H]C1([2H])C2CC2(C(=O)OCC)C([2H])([2H])N1Cc1ccccc1. The normalized spacial score (nSPS) is 38.8. The number of ether oxygens (including phenoxy) is 1. The Morgan fingerprint density at radius 1 is 1.56 bits per heavy atom. The predicted octanol–water partition coefficient (Wildman–Crippen LogP) is 2.07. The van der Waals surface area contributed by atoms with Crippen molar-refractivity contribution in [3.8, 4) is 0 Å². The zero-order chi connectivity index (χ0) is 16.2. The third kappa shape index (κ3) is 1.93. The van der Waals surface area contributed by atoms with Crippen LogP contribution in [-0.4, -0.2) is 30.5 Å². The van der Waals surface area contributed by atoms with Crippen LogP contribution in [0.5, 0.6) is 0 Å². The second-order valence-electron chi connectivity index (χ2n) is 4.76. The smallest absolute Gasteiger partial charge is 0.313 e. The molecule has 0 radical (unpaired) electrons. The summed E-state index contributed by atoms with van der Waals surface area (Å²) >= 11 is 0. The van der Waals surface area contributed by atoms with E-state index in [0.717, 1.165) is 5.56 Å². The largest absolute Gasteiger partial charge is 0.466 e. The average Bonchev–Trinajstić information content (AvgIpc) is 3.21. The summed E-state index contributed by atoms with van der Waals surface area (Å²) in [6.45, 7) is -1.97. The summed E-state index contributed by atoms with van der Waals surface area (Å²) in [5, 5.41) is 0. The summed E-state index contributed by atoms with van der Waals surface area (Å²) in [6, 6.07) is 9.17. The molecule has 1 aromatic rings. The molecule has 3 heteroatoms. The lowest BCUT2D eigenvalue weighted by Gasteiger charge is -2.19. The Bertz CT molecular complexity index is 592. The van der Waals surface area contributed by atoms with Gasteiger partial charge in [-0.25, -0.2) is 0 Å². The molecule has 18 heavy (non-hydrogen) atoms. The van der Waals surface area contributed by atoms with Crippen molar-refractivity contribution < 1.29 is 15.0 Å². The van der Waals surface area contributed by atoms with Crippen molar-refractivity contribution in [1.82, 2.24) is 4.90 Å². The second-order valence-corrected chi connectivity index (χ2v) is 4.76. The molecule has 2 unspecified atom stereocenters. The van der Waals surface area contributed by atoms with Crippen LogP contribution in [0.2, 0.25) is 0 Å². The van der Waals surface area contributed by atoms with Crippen molar-refractivity contribution in [2.45, 2.75) is 19.9 Å². The Balaban J connectivity index is 1.93. The molecule has 2 fully saturated rings. The van der Waals surface area contributed by atoms with E-state index >= 15 is 0 Å². The highest BCUT2D eigenvalue weighted by Crippen LogP contribution is 2.58. The van der Waals surface area contributed by atoms with Crippen LogP contribution in [0.3, 0.4) is 0 Å². The standard InChI is InChI=1S/C15H19NO2/c1-2-18-14(17)15-8-13(15)10-16(11-15)9-12-6-4-3-5-7-12/h3-7,13H,2,8-11H2,1H3/i10D2,11D2. The van der Waals surface area contributed by atoms with E-state index in [1.165, 1.54) is 4.90 Å². The molecular weight excluding hydrogens is 226 g/mol. The Hall–Kier alpha value is -1.35. The van der Waals surface area contributed by atoms with Gasteiger partial charge in [-0.05, 0) is 24.8 Å². The van der Waals surface area contributed by atoms with E-state index in [0.29, 0.717) is 0 Å². The number of rotatable bonds is 4. The molecule has 1 saturated heterocycles. The van der Waals surface area contributed by atoms with Crippen LogP contribution >= 0.6 is 0 Å². The number of nitrogens with zero attached hydrogens (tertiary/aromatic N) is 1. The first kappa shape index (κ1) is 7.95. The molecule has 1 heterocycles. The van der Waals surface area contributed by atoms with Gasteiger partial charge in [-0.15, -0.1) is 0 Å². The summed E-state index contributed by atoms with van der Waals surface area (Å²) in [5.74, 6) is -1.28. The van der Waals surface area contributed by atoms with E-state index in [9.17, 15) is 4.79 Å². The molecule has 0 spiro atoms. The maximum Gasteiger partial charge on any atom is 0.313 e. The fourth-order valence-corrected chi connectivity index (χ4v) is 2.39. The van der Waals surface area contributed by atoms with E-state index in [1.54, 1.807) is 6.92 Å². The van der Waals surface area contributed by atoms with Gasteiger partial charge in [0.25, 0.3) is 0 Å². The number of likely N-dealkylation sites (tertiary alicyclic amines) is 1. The minimum absolute atomic E-state index is 0.124. The Labute approximate surface area is 113 Å². The quantitative estimate of drug-likeness (QED) is 0.765. The second kappa shape index (κ2) is 4.39. The molecule has 0 N–H and O–H groups in total. The molecule has 0 bridgehead atoms. The van der Waals surface area contributed by atoms with Crippen LogP contribution in [0.25, 0.3) is 0 Å². The number of hydrogen-bond donors (Lipinski definition) is 0. The van der Waals surface area contributed by atoms with Crippen LogP contribution in [0.1, 0.15) is 24.4 Å². The topological polar surface area (TPSA) is 29.5 Å². The summed E-state index contributed by atoms with van der Waals surface area (Å²) in [5.41, 5.74) is -0.558. The maximum absolute atomic E-state index is 12.3. The van der Waals surface area contributed by atoms with Crippen molar-refractivity contribution in [2.75, 3.05) is 19.6 Å². The number of esters is 1. The lowest BCUT2D eigenvalue weighted by atomic mass is 10.1. The third-order valence-electron chi connectivity index (χ3n) is 3.43. The first-order valence-electron chi connectivity index (χ1n) is 8.27. The molecule has 2 aliphatic rings. The minimum atomic E-state index is -2.07. The molecule has 1 saturated carbocycles. The lowest BCUT2D eigenvalue weighted by Crippen LogP contribution is -2.29. The van der Waals surface area contributed by atoms with Crippen LogP contribution < -0.4 is 0 Å². The van der Waals surface area contributed by atoms with Crippen molar-refractivity contribution in [1.29, 1.82) is 0 Å². The lowest BCUT2D eigenvalue weighted by molar-refractivity contribution is -0.149. The third-order valence-corrected chi connectivity index (χ3v) is 3.43. The van der Waals surface area contributed by atoms with E-state index in [1.807, 2.05) is 30.3 Å². The van der Waals surface area contributed by atoms with Gasteiger partial charge in [0.1, 0.15) is 0 Å². The number of carbonyl (C=O) groups is 1. The number of fused-ring (bicyclic) bond motifs is 1. The van der Waals surface area contributed by atoms with Crippen LogP contribution in [0.15, 0.2) is 30.3 Å². The molecule has 96 valence electrons. The molecule has 3 rings (SSSR count). The Morgan fingerprint density at radius 2 is 2.33 bits per heavy atom. The number of piperidine rings is 1. The van der Waals surface area contributed by atoms with Gasteiger partial charge in [0.15, 0.2) is 0 Å². The average molecular weight is 249 g/mol. The van der Waals surface area contributed by atoms with Gasteiger partial charge in [-0.3, -0.25) is 9.69 Å². The fraction of sp³-hybridized carbons (Fsp3) is 0.533. The van der Waals surface area contributed by atoms with Gasteiger partial charge in [0, 0.05) is 25.0 Å². The van der Waals surface area contributed by atoms with Gasteiger partial charge < -0.3 is 4.74 Å².